The van der Waals surface area contributed by atoms with Crippen LogP contribution in [0.1, 0.15) is 0 Å². The van der Waals surface area contributed by atoms with Gasteiger partial charge in [-0.2, -0.15) is 0 Å². The molecule has 0 N–H and O–H groups in total. The zero-order valence-corrected chi connectivity index (χ0v) is 20.7. The Morgan fingerprint density at radius 1 is 0.462 bits per heavy atom. The molecule has 0 bridgehead atoms. The first kappa shape index (κ1) is 20.7. The number of aromatic nitrogens is 3. The third kappa shape index (κ3) is 2.65. The highest BCUT2D eigenvalue weighted by Crippen LogP contribution is 2.39. The summed E-state index contributed by atoms with van der Waals surface area (Å²) in [4.78, 5) is 22.5. The Hall–Kier alpha value is -5.35. The summed E-state index contributed by atoms with van der Waals surface area (Å²) in [5, 5.41) is 10.6. The first-order valence-electron chi connectivity index (χ1n) is 13.0. The van der Waals surface area contributed by atoms with Crippen LogP contribution < -0.4 is 5.56 Å². The maximum absolute atomic E-state index is 13.6. The fourth-order valence-corrected chi connectivity index (χ4v) is 6.54. The van der Waals surface area contributed by atoms with Crippen molar-refractivity contribution in [2.75, 3.05) is 0 Å². The molecule has 0 aliphatic rings. The van der Waals surface area contributed by atoms with E-state index < -0.39 is 0 Å². The fourth-order valence-electron chi connectivity index (χ4n) is 6.54. The van der Waals surface area contributed by atoms with Crippen LogP contribution in [0.25, 0.3) is 81.7 Å². The van der Waals surface area contributed by atoms with Gasteiger partial charge in [-0.15, -0.1) is 0 Å². The Labute approximate surface area is 221 Å². The zero-order chi connectivity index (χ0) is 25.7. The van der Waals surface area contributed by atoms with Gasteiger partial charge in [0.15, 0.2) is 5.52 Å². The van der Waals surface area contributed by atoms with E-state index in [1.807, 2.05) is 12.1 Å². The standard InChI is InChI=1S/C35H19N3O/c39-35-33-32(36-16-17-37-33)28-11-5-10-27-30-19-21(13-15-31(30)38(35)34(27)28)20-12-14-26-24-8-2-1-6-22(24)23-7-3-4-9-25(23)29(26)18-20/h1-19H. The summed E-state index contributed by atoms with van der Waals surface area (Å²) in [5.41, 5.74) is 4.97. The summed E-state index contributed by atoms with van der Waals surface area (Å²) in [7, 11) is 0. The Bertz CT molecular complexity index is 2490. The molecule has 0 spiro atoms. The van der Waals surface area contributed by atoms with Crippen LogP contribution >= 0.6 is 0 Å². The van der Waals surface area contributed by atoms with Gasteiger partial charge in [-0.1, -0.05) is 84.9 Å². The molecule has 0 saturated heterocycles. The minimum absolute atomic E-state index is 0.131. The van der Waals surface area contributed by atoms with Crippen molar-refractivity contribution in [2.45, 2.75) is 0 Å². The van der Waals surface area contributed by atoms with Crippen molar-refractivity contribution in [1.29, 1.82) is 0 Å². The Balaban J connectivity index is 1.37. The molecule has 9 aromatic rings. The molecule has 0 aliphatic heterocycles. The Morgan fingerprint density at radius 2 is 1.00 bits per heavy atom. The van der Waals surface area contributed by atoms with Crippen LogP contribution in [0, 0.1) is 0 Å². The highest BCUT2D eigenvalue weighted by atomic mass is 16.1. The second kappa shape index (κ2) is 7.36. The lowest BCUT2D eigenvalue weighted by Crippen LogP contribution is -2.14. The lowest BCUT2D eigenvalue weighted by atomic mass is 9.92. The second-order valence-corrected chi connectivity index (χ2v) is 10.2. The molecule has 39 heavy (non-hydrogen) atoms. The van der Waals surface area contributed by atoms with Crippen LogP contribution in [-0.2, 0) is 0 Å². The van der Waals surface area contributed by atoms with E-state index in [2.05, 4.69) is 101 Å². The third-order valence-corrected chi connectivity index (χ3v) is 8.22. The Kier molecular flexibility index (Phi) is 3.90. The van der Waals surface area contributed by atoms with Gasteiger partial charge in [0.2, 0.25) is 0 Å². The monoisotopic (exact) mass is 497 g/mol. The summed E-state index contributed by atoms with van der Waals surface area (Å²) in [5.74, 6) is 0. The van der Waals surface area contributed by atoms with E-state index in [9.17, 15) is 4.79 Å². The molecule has 0 fully saturated rings. The van der Waals surface area contributed by atoms with Crippen LogP contribution in [0.2, 0.25) is 0 Å². The predicted molar refractivity (Wildman–Crippen MR) is 161 cm³/mol. The average Bonchev–Trinajstić information content (AvgIpc) is 3.34. The van der Waals surface area contributed by atoms with E-state index in [0.29, 0.717) is 11.0 Å². The first-order valence-corrected chi connectivity index (χ1v) is 13.0. The number of nitrogens with zero attached hydrogens (tertiary/aromatic N) is 3. The van der Waals surface area contributed by atoms with Crippen molar-refractivity contribution in [3.05, 3.63) is 126 Å². The van der Waals surface area contributed by atoms with Crippen molar-refractivity contribution in [1.82, 2.24) is 14.4 Å². The maximum Gasteiger partial charge on any atom is 0.283 e. The molecule has 9 rings (SSSR count). The van der Waals surface area contributed by atoms with E-state index in [1.54, 1.807) is 16.8 Å². The van der Waals surface area contributed by atoms with Crippen LogP contribution in [0.5, 0.6) is 0 Å². The highest BCUT2D eigenvalue weighted by molar-refractivity contribution is 6.26. The van der Waals surface area contributed by atoms with E-state index in [1.165, 1.54) is 32.3 Å². The summed E-state index contributed by atoms with van der Waals surface area (Å²) < 4.78 is 1.81. The molecule has 4 heteroatoms. The molecule has 3 heterocycles. The van der Waals surface area contributed by atoms with Crippen LogP contribution in [-0.4, -0.2) is 14.4 Å². The van der Waals surface area contributed by atoms with Gasteiger partial charge in [-0.3, -0.25) is 14.2 Å². The SMILES string of the molecule is O=c1c2nccnc2c2cccc3c4cc(-c5ccc6c7ccccc7c7ccccc7c6c5)ccc4n1c32. The molecule has 0 radical (unpaired) electrons. The van der Waals surface area contributed by atoms with Gasteiger partial charge >= 0.3 is 0 Å². The minimum atomic E-state index is -0.131. The van der Waals surface area contributed by atoms with Gasteiger partial charge in [0.05, 0.1) is 11.0 Å². The zero-order valence-electron chi connectivity index (χ0n) is 20.7. The Morgan fingerprint density at radius 3 is 1.72 bits per heavy atom. The van der Waals surface area contributed by atoms with Gasteiger partial charge in [0.25, 0.3) is 5.56 Å². The summed E-state index contributed by atoms with van der Waals surface area (Å²) in [6.07, 6.45) is 3.23. The molecule has 0 amide bonds. The van der Waals surface area contributed by atoms with E-state index in [-0.39, 0.29) is 5.56 Å². The topological polar surface area (TPSA) is 47.3 Å². The number of para-hydroxylation sites is 1. The number of pyridine rings is 1. The molecular formula is C35H19N3O. The highest BCUT2D eigenvalue weighted by Gasteiger charge is 2.19. The molecule has 0 aliphatic carbocycles. The third-order valence-electron chi connectivity index (χ3n) is 8.22. The molecule has 6 aromatic carbocycles. The summed E-state index contributed by atoms with van der Waals surface area (Å²) in [6.45, 7) is 0. The van der Waals surface area contributed by atoms with Crippen LogP contribution in [0.15, 0.2) is 120 Å². The average molecular weight is 498 g/mol. The molecular weight excluding hydrogens is 478 g/mol. The maximum atomic E-state index is 13.6. The predicted octanol–water partition coefficient (Wildman–Crippen LogP) is 8.11. The van der Waals surface area contributed by atoms with Gasteiger partial charge in [0, 0.05) is 28.6 Å². The quantitative estimate of drug-likeness (QED) is 0.215. The lowest BCUT2D eigenvalue weighted by molar-refractivity contribution is 1.17. The largest absolute Gasteiger partial charge is 0.283 e. The number of fused-ring (bicyclic) bond motifs is 11. The molecule has 180 valence electrons. The van der Waals surface area contributed by atoms with E-state index >= 15 is 0 Å². The molecule has 4 nitrogen and oxygen atoms in total. The normalized spacial score (nSPS) is 12.2. The second-order valence-electron chi connectivity index (χ2n) is 10.2. The summed E-state index contributed by atoms with van der Waals surface area (Å²) in [6, 6.07) is 36.6. The van der Waals surface area contributed by atoms with Crippen LogP contribution in [0.3, 0.4) is 0 Å². The van der Waals surface area contributed by atoms with E-state index in [4.69, 9.17) is 0 Å². The molecule has 3 aromatic heterocycles. The van der Waals surface area contributed by atoms with Crippen molar-refractivity contribution in [2.24, 2.45) is 0 Å². The summed E-state index contributed by atoms with van der Waals surface area (Å²) >= 11 is 0. The molecule has 0 unspecified atom stereocenters. The van der Waals surface area contributed by atoms with Gasteiger partial charge in [-0.05, 0) is 61.6 Å². The fraction of sp³-hybridized carbons (Fsp3) is 0. The smallest absolute Gasteiger partial charge is 0.274 e. The van der Waals surface area contributed by atoms with Crippen molar-refractivity contribution >= 4 is 70.5 Å². The molecule has 0 saturated carbocycles. The van der Waals surface area contributed by atoms with Gasteiger partial charge in [0.1, 0.15) is 5.52 Å². The van der Waals surface area contributed by atoms with Crippen molar-refractivity contribution < 1.29 is 0 Å². The van der Waals surface area contributed by atoms with Crippen molar-refractivity contribution in [3.8, 4) is 11.1 Å². The molecule has 0 atom stereocenters. The van der Waals surface area contributed by atoms with Crippen molar-refractivity contribution in [3.63, 3.8) is 0 Å². The lowest BCUT2D eigenvalue weighted by Gasteiger charge is -2.12. The number of hydrogen-bond donors (Lipinski definition) is 0. The van der Waals surface area contributed by atoms with Gasteiger partial charge in [-0.25, -0.2) is 4.98 Å². The van der Waals surface area contributed by atoms with E-state index in [0.717, 1.165) is 38.3 Å². The number of hydrogen-bond acceptors (Lipinski definition) is 3. The minimum Gasteiger partial charge on any atom is -0.274 e. The number of benzene rings is 6. The first-order chi connectivity index (χ1) is 19.3. The van der Waals surface area contributed by atoms with Gasteiger partial charge < -0.3 is 0 Å². The van der Waals surface area contributed by atoms with Crippen LogP contribution in [0.4, 0.5) is 0 Å². The number of rotatable bonds is 1.